The fourth-order valence-electron chi connectivity index (χ4n) is 8.89. The molecular weight excluding hydrogens is 676 g/mol. The van der Waals surface area contributed by atoms with E-state index >= 15 is 4.11 Å². The largest absolute Gasteiger partial charge is 0.394 e. The number of fused-ring (bicyclic) bond motifs is 4. The van der Waals surface area contributed by atoms with E-state index in [-0.39, 0.29) is 36.9 Å². The van der Waals surface area contributed by atoms with Crippen LogP contribution in [0.2, 0.25) is 18.6 Å². The fraction of sp³-hybridized carbons (Fsp3) is 0.317. The van der Waals surface area contributed by atoms with E-state index in [0.29, 0.717) is 35.3 Å². The summed E-state index contributed by atoms with van der Waals surface area (Å²) in [4.78, 5) is 45.4. The zero-order valence-electron chi connectivity index (χ0n) is 29.4. The zero-order chi connectivity index (χ0) is 36.4. The summed E-state index contributed by atoms with van der Waals surface area (Å²) >= 11 is 0. The molecule has 11 heteroatoms. The maximum Gasteiger partial charge on any atom is 0.279 e. The van der Waals surface area contributed by atoms with Crippen LogP contribution in [-0.2, 0) is 39.4 Å². The van der Waals surface area contributed by atoms with Crippen LogP contribution in [-0.4, -0.2) is 58.8 Å². The van der Waals surface area contributed by atoms with Crippen molar-refractivity contribution >= 4 is 36.7 Å². The van der Waals surface area contributed by atoms with E-state index in [4.69, 9.17) is 4.74 Å². The van der Waals surface area contributed by atoms with E-state index in [9.17, 15) is 19.5 Å². The first kappa shape index (κ1) is 34.1. The number of carbonyl (C=O) groups is 2. The highest BCUT2D eigenvalue weighted by atomic mass is 28.4. The van der Waals surface area contributed by atoms with Gasteiger partial charge in [0.1, 0.15) is 0 Å². The second kappa shape index (κ2) is 12.9. The molecule has 0 saturated carbocycles. The quantitative estimate of drug-likeness (QED) is 0.163. The average Bonchev–Trinajstić information content (AvgIpc) is 3.57. The Morgan fingerprint density at radius 2 is 1.65 bits per heavy atom. The van der Waals surface area contributed by atoms with Gasteiger partial charge in [-0.3, -0.25) is 14.4 Å². The second-order valence-corrected chi connectivity index (χ2v) is 18.6. The number of carbonyl (C=O) groups excluding carboxylic acids is 2. The maximum atomic E-state index is 16.4. The van der Waals surface area contributed by atoms with Crippen molar-refractivity contribution in [3.63, 3.8) is 0 Å². The average molecular weight is 717 g/mol. The smallest absolute Gasteiger partial charge is 0.279 e. The van der Waals surface area contributed by atoms with Crippen molar-refractivity contribution < 1.29 is 23.5 Å². The Kier molecular flexibility index (Phi) is 8.47. The first-order valence-corrected chi connectivity index (χ1v) is 20.8. The monoisotopic (exact) mass is 716 g/mol. The minimum Gasteiger partial charge on any atom is -0.394 e. The molecule has 0 aliphatic carbocycles. The Balaban J connectivity index is 1.08. The molecular formula is C41H41FN4O5Si. The molecule has 1 N–H and O–H groups in total. The molecule has 0 radical (unpaired) electrons. The highest BCUT2D eigenvalue weighted by Gasteiger charge is 2.67. The number of aliphatic hydroxyl groups is 1. The molecule has 1 saturated heterocycles. The van der Waals surface area contributed by atoms with Gasteiger partial charge in [-0.2, -0.15) is 9.78 Å². The van der Waals surface area contributed by atoms with E-state index in [1.54, 1.807) is 35.2 Å². The molecule has 2 amide bonds. The van der Waals surface area contributed by atoms with Crippen molar-refractivity contribution in [1.29, 1.82) is 0 Å². The van der Waals surface area contributed by atoms with Gasteiger partial charge in [0.05, 0.1) is 54.7 Å². The van der Waals surface area contributed by atoms with E-state index in [2.05, 4.69) is 5.10 Å². The number of aliphatic hydroxyl groups excluding tert-OH is 1. The number of ether oxygens (including phenoxy) is 1. The van der Waals surface area contributed by atoms with Crippen LogP contribution in [0.4, 0.5) is 9.80 Å². The van der Waals surface area contributed by atoms with Crippen molar-refractivity contribution in [2.24, 2.45) is 5.92 Å². The molecule has 0 bridgehead atoms. The van der Waals surface area contributed by atoms with Crippen LogP contribution >= 0.6 is 0 Å². The molecule has 0 unspecified atom stereocenters. The number of amides is 2. The summed E-state index contributed by atoms with van der Waals surface area (Å²) in [7, 11) is -3.50. The molecule has 9 nitrogen and oxygen atoms in total. The lowest BCUT2D eigenvalue weighted by molar-refractivity contribution is -0.151. The third-order valence-corrected chi connectivity index (χ3v) is 13.8. The van der Waals surface area contributed by atoms with Crippen molar-refractivity contribution in [3.8, 4) is 5.69 Å². The molecule has 3 aliphatic heterocycles. The number of benzene rings is 4. The van der Waals surface area contributed by atoms with Gasteiger partial charge in [-0.05, 0) is 60.5 Å². The zero-order valence-corrected chi connectivity index (χ0v) is 30.4. The van der Waals surface area contributed by atoms with Gasteiger partial charge in [-0.25, -0.2) is 0 Å². The van der Waals surface area contributed by atoms with Gasteiger partial charge in [0.2, 0.25) is 14.3 Å². The molecule has 5 aromatic rings. The molecule has 266 valence electrons. The Labute approximate surface area is 302 Å². The molecule has 5 atom stereocenters. The summed E-state index contributed by atoms with van der Waals surface area (Å²) in [6.07, 6.45) is 1.29. The lowest BCUT2D eigenvalue weighted by Crippen LogP contribution is -2.48. The van der Waals surface area contributed by atoms with Gasteiger partial charge in [-0.15, -0.1) is 0 Å². The number of nitrogens with zero attached hydrogens (tertiary/aromatic N) is 4. The molecule has 1 fully saturated rings. The third kappa shape index (κ3) is 5.50. The van der Waals surface area contributed by atoms with Crippen LogP contribution in [0.15, 0.2) is 108 Å². The van der Waals surface area contributed by atoms with Gasteiger partial charge in [0, 0.05) is 29.0 Å². The highest BCUT2D eigenvalue weighted by Crippen LogP contribution is 2.60. The summed E-state index contributed by atoms with van der Waals surface area (Å²) in [5, 5.41) is 16.0. The Morgan fingerprint density at radius 3 is 2.40 bits per heavy atom. The fourth-order valence-corrected chi connectivity index (χ4v) is 11.4. The third-order valence-electron chi connectivity index (χ3n) is 11.3. The predicted octanol–water partition coefficient (Wildman–Crippen LogP) is 6.04. The predicted molar refractivity (Wildman–Crippen MR) is 199 cm³/mol. The van der Waals surface area contributed by atoms with Crippen molar-refractivity contribution in [1.82, 2.24) is 14.7 Å². The summed E-state index contributed by atoms with van der Waals surface area (Å²) in [6.45, 7) is 5.54. The number of aromatic nitrogens is 2. The van der Waals surface area contributed by atoms with Crippen LogP contribution in [0, 0.1) is 5.92 Å². The summed E-state index contributed by atoms with van der Waals surface area (Å²) in [5.74, 6) is -1.04. The lowest BCUT2D eigenvalue weighted by atomic mass is 9.82. The molecule has 1 spiro atoms. The summed E-state index contributed by atoms with van der Waals surface area (Å²) < 4.78 is 24.6. The Hall–Kier alpha value is -4.97. The van der Waals surface area contributed by atoms with Crippen molar-refractivity contribution in [3.05, 3.63) is 136 Å². The highest BCUT2D eigenvalue weighted by molar-refractivity contribution is 6.72. The number of hydrogen-bond donors (Lipinski definition) is 1. The summed E-state index contributed by atoms with van der Waals surface area (Å²) in [6, 6.07) is 29.7. The SMILES string of the molecule is C[C@H]1[C@H]([Si](C)(C)F)[C@@H](CC(=O)N2Cc3ccccc3C[C@H]2CO)O[C@]12C(=O)N(Cc1ccc(-n3ncc4ccccc4c3=O)cc1)c1ccccc12. The minimum atomic E-state index is -3.50. The second-order valence-electron chi connectivity index (χ2n) is 14.8. The normalized spacial score (nSPS) is 24.1. The van der Waals surface area contributed by atoms with E-state index in [1.165, 1.54) is 4.68 Å². The van der Waals surface area contributed by atoms with Gasteiger partial charge < -0.3 is 23.8 Å². The maximum absolute atomic E-state index is 16.4. The van der Waals surface area contributed by atoms with Crippen LogP contribution in [0.25, 0.3) is 16.5 Å². The molecule has 8 rings (SSSR count). The van der Waals surface area contributed by atoms with Gasteiger partial charge in [0.15, 0.2) is 5.60 Å². The topological polar surface area (TPSA) is 105 Å². The van der Waals surface area contributed by atoms with Crippen LogP contribution < -0.4 is 10.5 Å². The molecule has 52 heavy (non-hydrogen) atoms. The molecule has 1 aromatic heterocycles. The van der Waals surface area contributed by atoms with Gasteiger partial charge >= 0.3 is 0 Å². The van der Waals surface area contributed by atoms with Crippen LogP contribution in [0.3, 0.4) is 0 Å². The first-order valence-electron chi connectivity index (χ1n) is 17.8. The Bertz CT molecular complexity index is 2260. The number of anilines is 1. The van der Waals surface area contributed by atoms with Crippen LogP contribution in [0.5, 0.6) is 0 Å². The van der Waals surface area contributed by atoms with Gasteiger partial charge in [0.25, 0.3) is 11.5 Å². The standard InChI is InChI=1S/C41H41FN4O5Si/c1-26-38(52(2,3)42)36(21-37(48)44-24-30-12-5-4-10-28(30)20-32(44)25-47)51-41(26)34-14-8-9-15-35(34)45(40(41)50)23-27-16-18-31(19-17-27)46-39(49)33-13-7-6-11-29(33)22-43-46/h4-19,22,26,32,36,38,47H,20-21,23-25H2,1-3H3/t26-,32-,36+,38-,41+/m0/s1. The number of rotatable bonds is 7. The summed E-state index contributed by atoms with van der Waals surface area (Å²) in [5.41, 5.74) is 2.60. The van der Waals surface area contributed by atoms with Gasteiger partial charge in [-0.1, -0.05) is 79.7 Å². The number of halogens is 1. The van der Waals surface area contributed by atoms with Crippen molar-refractivity contribution in [2.45, 2.75) is 69.2 Å². The minimum absolute atomic E-state index is 0.0884. The lowest BCUT2D eigenvalue weighted by Gasteiger charge is -2.37. The molecule has 4 heterocycles. The van der Waals surface area contributed by atoms with E-state index in [1.807, 2.05) is 97.9 Å². The molecule has 3 aliphatic rings. The Morgan fingerprint density at radius 1 is 0.962 bits per heavy atom. The van der Waals surface area contributed by atoms with Crippen LogP contribution in [0.1, 0.15) is 35.6 Å². The van der Waals surface area contributed by atoms with E-state index in [0.717, 1.165) is 22.1 Å². The molecule has 4 aromatic carbocycles. The number of para-hydroxylation sites is 1. The number of hydrogen-bond acceptors (Lipinski definition) is 6. The first-order chi connectivity index (χ1) is 25.0. The van der Waals surface area contributed by atoms with Crippen molar-refractivity contribution in [2.75, 3.05) is 11.5 Å². The van der Waals surface area contributed by atoms with E-state index < -0.39 is 37.6 Å².